The Bertz CT molecular complexity index is 330. The molecule has 0 N–H and O–H groups in total. The maximum atomic E-state index is 3.81. The lowest BCUT2D eigenvalue weighted by molar-refractivity contribution is 1.09. The van der Waals surface area contributed by atoms with Crippen LogP contribution in [0, 0.1) is 0 Å². The Hall–Kier alpha value is -1.56. The summed E-state index contributed by atoms with van der Waals surface area (Å²) in [4.78, 5) is 0. The van der Waals surface area contributed by atoms with E-state index in [2.05, 4.69) is 37.9 Å². The molecule has 0 saturated heterocycles. The second-order valence-electron chi connectivity index (χ2n) is 3.53. The molecule has 0 bridgehead atoms. The molecule has 0 aliphatic heterocycles. The maximum Gasteiger partial charge on any atom is -0.00944 e. The lowest BCUT2D eigenvalue weighted by atomic mass is 9.94. The van der Waals surface area contributed by atoms with Crippen molar-refractivity contribution in [3.63, 3.8) is 0 Å². The van der Waals surface area contributed by atoms with Crippen LogP contribution in [0.15, 0.2) is 56.2 Å². The molecule has 0 nitrogen and oxygen atoms in total. The smallest absolute Gasteiger partial charge is 0.00944 e. The zero-order valence-corrected chi connectivity index (χ0v) is 9.21. The molecule has 15 heavy (non-hydrogen) atoms. The Morgan fingerprint density at radius 1 is 0.800 bits per heavy atom. The van der Waals surface area contributed by atoms with E-state index in [0.717, 1.165) is 19.3 Å². The van der Waals surface area contributed by atoms with E-state index in [1.807, 2.05) is 18.2 Å². The second kappa shape index (κ2) is 6.02. The molecular weight excluding hydrogens is 180 g/mol. The number of hydrogen-bond acceptors (Lipinski definition) is 0. The average Bonchev–Trinajstić information content (AvgIpc) is 2.23. The van der Waals surface area contributed by atoms with Gasteiger partial charge in [-0.25, -0.2) is 0 Å². The summed E-state index contributed by atoms with van der Waals surface area (Å²) in [5.41, 5.74) is 4.08. The third kappa shape index (κ3) is 2.95. The predicted molar refractivity (Wildman–Crippen MR) is 68.1 cm³/mol. The van der Waals surface area contributed by atoms with E-state index in [9.17, 15) is 0 Å². The van der Waals surface area contributed by atoms with Gasteiger partial charge in [0.2, 0.25) is 0 Å². The van der Waals surface area contributed by atoms with Crippen LogP contribution in [-0.4, -0.2) is 0 Å². The highest BCUT2D eigenvalue weighted by molar-refractivity contribution is 5.38. The van der Waals surface area contributed by atoms with Gasteiger partial charge in [0.05, 0.1) is 0 Å². The highest BCUT2D eigenvalue weighted by Crippen LogP contribution is 2.18. The zero-order chi connectivity index (χ0) is 11.1. The molecule has 0 saturated carbocycles. The van der Waals surface area contributed by atoms with E-state index >= 15 is 0 Å². The van der Waals surface area contributed by atoms with Crippen molar-refractivity contribution in [3.8, 4) is 0 Å². The maximum absolute atomic E-state index is 3.81. The molecule has 0 unspecified atom stereocenters. The van der Waals surface area contributed by atoms with Gasteiger partial charge in [-0.15, -0.1) is 19.7 Å². The van der Waals surface area contributed by atoms with Gasteiger partial charge < -0.3 is 0 Å². The van der Waals surface area contributed by atoms with Crippen LogP contribution in [0.5, 0.6) is 0 Å². The SMILES string of the molecule is C=CCc1cccc(CC=C)c1CC=C. The van der Waals surface area contributed by atoms with Crippen LogP contribution in [-0.2, 0) is 19.3 Å². The van der Waals surface area contributed by atoms with Crippen LogP contribution >= 0.6 is 0 Å². The molecule has 78 valence electrons. The van der Waals surface area contributed by atoms with Crippen molar-refractivity contribution < 1.29 is 0 Å². The third-order valence-electron chi connectivity index (χ3n) is 2.45. The normalized spacial score (nSPS) is 9.60. The fraction of sp³-hybridized carbons (Fsp3) is 0.200. The van der Waals surface area contributed by atoms with E-state index < -0.39 is 0 Å². The molecule has 0 radical (unpaired) electrons. The van der Waals surface area contributed by atoms with E-state index in [0.29, 0.717) is 0 Å². The highest BCUT2D eigenvalue weighted by Gasteiger charge is 2.04. The third-order valence-corrected chi connectivity index (χ3v) is 2.45. The van der Waals surface area contributed by atoms with Gasteiger partial charge in [-0.05, 0) is 36.0 Å². The van der Waals surface area contributed by atoms with Gasteiger partial charge in [-0.1, -0.05) is 36.4 Å². The Balaban J connectivity index is 3.13. The minimum atomic E-state index is 0.924. The molecular formula is C15H18. The number of rotatable bonds is 6. The number of benzene rings is 1. The van der Waals surface area contributed by atoms with Gasteiger partial charge in [-0.3, -0.25) is 0 Å². The summed E-state index contributed by atoms with van der Waals surface area (Å²) in [5, 5.41) is 0. The molecule has 0 aliphatic rings. The first-order chi connectivity index (χ1) is 7.33. The van der Waals surface area contributed by atoms with Crippen molar-refractivity contribution in [1.82, 2.24) is 0 Å². The number of hydrogen-bond donors (Lipinski definition) is 0. The predicted octanol–water partition coefficient (Wildman–Crippen LogP) is 3.87. The summed E-state index contributed by atoms with van der Waals surface area (Å²) in [6.45, 7) is 11.4. The van der Waals surface area contributed by atoms with Crippen molar-refractivity contribution in [2.24, 2.45) is 0 Å². The quantitative estimate of drug-likeness (QED) is 0.609. The molecule has 0 spiro atoms. The van der Waals surface area contributed by atoms with Crippen molar-refractivity contribution >= 4 is 0 Å². The van der Waals surface area contributed by atoms with Crippen LogP contribution in [0.1, 0.15) is 16.7 Å². The van der Waals surface area contributed by atoms with E-state index in [1.54, 1.807) is 0 Å². The Morgan fingerprint density at radius 2 is 1.27 bits per heavy atom. The number of allylic oxidation sites excluding steroid dienone is 3. The molecule has 0 amide bonds. The summed E-state index contributed by atoms with van der Waals surface area (Å²) >= 11 is 0. The Morgan fingerprint density at radius 3 is 1.67 bits per heavy atom. The molecule has 0 aromatic heterocycles. The van der Waals surface area contributed by atoms with Gasteiger partial charge in [-0.2, -0.15) is 0 Å². The summed E-state index contributed by atoms with van der Waals surface area (Å²) in [5.74, 6) is 0. The second-order valence-corrected chi connectivity index (χ2v) is 3.53. The van der Waals surface area contributed by atoms with Gasteiger partial charge >= 0.3 is 0 Å². The standard InChI is InChI=1S/C15H18/c1-4-8-13-11-7-12-14(9-5-2)15(13)10-6-3/h4-7,11-12H,1-3,8-10H2. The van der Waals surface area contributed by atoms with Crippen LogP contribution < -0.4 is 0 Å². The fourth-order valence-electron chi connectivity index (χ4n) is 1.79. The Kier molecular flexibility index (Phi) is 4.62. The molecule has 0 fully saturated rings. The van der Waals surface area contributed by atoms with Crippen molar-refractivity contribution in [1.29, 1.82) is 0 Å². The topological polar surface area (TPSA) is 0 Å². The van der Waals surface area contributed by atoms with Crippen molar-refractivity contribution in [2.45, 2.75) is 19.3 Å². The summed E-state index contributed by atoms with van der Waals surface area (Å²) < 4.78 is 0. The monoisotopic (exact) mass is 198 g/mol. The van der Waals surface area contributed by atoms with E-state index in [1.165, 1.54) is 16.7 Å². The minimum Gasteiger partial charge on any atom is -0.103 e. The zero-order valence-electron chi connectivity index (χ0n) is 9.21. The molecule has 0 heterocycles. The molecule has 1 aromatic rings. The van der Waals surface area contributed by atoms with E-state index in [4.69, 9.17) is 0 Å². The molecule has 0 atom stereocenters. The first-order valence-corrected chi connectivity index (χ1v) is 5.25. The van der Waals surface area contributed by atoms with Gasteiger partial charge in [0.15, 0.2) is 0 Å². The highest BCUT2D eigenvalue weighted by atomic mass is 14.1. The molecule has 0 heteroatoms. The molecule has 1 aromatic carbocycles. The fourth-order valence-corrected chi connectivity index (χ4v) is 1.79. The average molecular weight is 198 g/mol. The van der Waals surface area contributed by atoms with Gasteiger partial charge in [0.1, 0.15) is 0 Å². The van der Waals surface area contributed by atoms with Crippen LogP contribution in [0.4, 0.5) is 0 Å². The van der Waals surface area contributed by atoms with Crippen molar-refractivity contribution in [3.05, 3.63) is 72.9 Å². The molecule has 1 rings (SSSR count). The summed E-state index contributed by atoms with van der Waals surface area (Å²) in [6, 6.07) is 6.42. The lowest BCUT2D eigenvalue weighted by Crippen LogP contribution is -1.97. The van der Waals surface area contributed by atoms with Gasteiger partial charge in [0, 0.05) is 0 Å². The summed E-state index contributed by atoms with van der Waals surface area (Å²) in [7, 11) is 0. The van der Waals surface area contributed by atoms with Crippen LogP contribution in [0.3, 0.4) is 0 Å². The lowest BCUT2D eigenvalue weighted by Gasteiger charge is -2.11. The van der Waals surface area contributed by atoms with Crippen LogP contribution in [0.25, 0.3) is 0 Å². The van der Waals surface area contributed by atoms with E-state index in [-0.39, 0.29) is 0 Å². The molecule has 0 aliphatic carbocycles. The largest absolute Gasteiger partial charge is 0.103 e. The summed E-state index contributed by atoms with van der Waals surface area (Å²) in [6.07, 6.45) is 8.61. The van der Waals surface area contributed by atoms with Crippen LogP contribution in [0.2, 0.25) is 0 Å². The minimum absolute atomic E-state index is 0.924. The van der Waals surface area contributed by atoms with Crippen molar-refractivity contribution in [2.75, 3.05) is 0 Å². The Labute approximate surface area is 92.6 Å². The first kappa shape index (κ1) is 11.5. The first-order valence-electron chi connectivity index (χ1n) is 5.25. The van der Waals surface area contributed by atoms with Gasteiger partial charge in [0.25, 0.3) is 0 Å².